The molecule has 1 aromatic heterocycles. The summed E-state index contributed by atoms with van der Waals surface area (Å²) in [4.78, 5) is 4.51. The van der Waals surface area contributed by atoms with Crippen LogP contribution >= 0.6 is 0 Å². The van der Waals surface area contributed by atoms with Gasteiger partial charge in [0.05, 0.1) is 11.4 Å². The average molecular weight is 251 g/mol. The van der Waals surface area contributed by atoms with Crippen LogP contribution in [0.1, 0.15) is 75.5 Å². The minimum atomic E-state index is 1.01. The fourth-order valence-corrected chi connectivity index (χ4v) is 2.29. The van der Waals surface area contributed by atoms with E-state index in [1.807, 2.05) is 13.8 Å². The van der Waals surface area contributed by atoms with Crippen LogP contribution in [-0.4, -0.2) is 9.66 Å². The van der Waals surface area contributed by atoms with E-state index in [2.05, 4.69) is 11.9 Å². The molecule has 0 unspecified atom stereocenters. The van der Waals surface area contributed by atoms with E-state index in [0.717, 1.165) is 23.6 Å². The molecule has 104 valence electrons. The predicted molar refractivity (Wildman–Crippen MR) is 78.2 cm³/mol. The molecule has 0 aromatic carbocycles. The first-order chi connectivity index (χ1) is 8.66. The lowest BCUT2D eigenvalue weighted by Crippen LogP contribution is -2.14. The molecule has 3 nitrogen and oxygen atoms in total. The van der Waals surface area contributed by atoms with Gasteiger partial charge >= 0.3 is 0 Å². The maximum Gasteiger partial charge on any atom is 0.127 e. The average Bonchev–Trinajstić information content (AvgIpc) is 2.60. The molecule has 1 aromatic rings. The SMILES string of the molecule is CCCCCCCCCCc1nc(C)c(C)n1N. The van der Waals surface area contributed by atoms with Crippen molar-refractivity contribution in [2.24, 2.45) is 0 Å². The molecule has 0 aliphatic rings. The highest BCUT2D eigenvalue weighted by Gasteiger charge is 2.07. The molecule has 18 heavy (non-hydrogen) atoms. The molecule has 0 atom stereocenters. The van der Waals surface area contributed by atoms with Gasteiger partial charge in [0, 0.05) is 6.42 Å². The smallest absolute Gasteiger partial charge is 0.127 e. The molecule has 0 aliphatic heterocycles. The third kappa shape index (κ3) is 4.71. The second kappa shape index (κ2) is 8.17. The van der Waals surface area contributed by atoms with E-state index in [-0.39, 0.29) is 0 Å². The summed E-state index contributed by atoms with van der Waals surface area (Å²) >= 11 is 0. The fourth-order valence-electron chi connectivity index (χ4n) is 2.29. The number of hydrogen-bond donors (Lipinski definition) is 1. The topological polar surface area (TPSA) is 43.8 Å². The van der Waals surface area contributed by atoms with Crippen LogP contribution < -0.4 is 5.84 Å². The summed E-state index contributed by atoms with van der Waals surface area (Å²) in [5.41, 5.74) is 2.15. The van der Waals surface area contributed by atoms with Gasteiger partial charge in [-0.25, -0.2) is 4.98 Å². The van der Waals surface area contributed by atoms with E-state index >= 15 is 0 Å². The molecule has 3 heteroatoms. The number of imidazole rings is 1. The highest BCUT2D eigenvalue weighted by atomic mass is 15.3. The van der Waals surface area contributed by atoms with Crippen molar-refractivity contribution in [2.75, 3.05) is 5.84 Å². The van der Waals surface area contributed by atoms with Crippen molar-refractivity contribution >= 4 is 0 Å². The minimum Gasteiger partial charge on any atom is -0.338 e. The van der Waals surface area contributed by atoms with Gasteiger partial charge in [0.25, 0.3) is 0 Å². The van der Waals surface area contributed by atoms with Gasteiger partial charge < -0.3 is 5.84 Å². The van der Waals surface area contributed by atoms with Gasteiger partial charge in [0.15, 0.2) is 0 Å². The number of unbranched alkanes of at least 4 members (excludes halogenated alkanes) is 7. The summed E-state index contributed by atoms with van der Waals surface area (Å²) in [6, 6.07) is 0. The van der Waals surface area contributed by atoms with Crippen LogP contribution in [0.25, 0.3) is 0 Å². The normalized spacial score (nSPS) is 11.1. The largest absolute Gasteiger partial charge is 0.338 e. The van der Waals surface area contributed by atoms with Crippen molar-refractivity contribution in [1.82, 2.24) is 9.66 Å². The zero-order valence-electron chi connectivity index (χ0n) is 12.3. The molecular formula is C15H29N3. The van der Waals surface area contributed by atoms with Crippen LogP contribution in [0.15, 0.2) is 0 Å². The van der Waals surface area contributed by atoms with Crippen molar-refractivity contribution in [3.05, 3.63) is 17.2 Å². The van der Waals surface area contributed by atoms with E-state index in [1.165, 1.54) is 51.4 Å². The second-order valence-electron chi connectivity index (χ2n) is 5.29. The van der Waals surface area contributed by atoms with E-state index in [4.69, 9.17) is 5.84 Å². The molecule has 0 saturated heterocycles. The van der Waals surface area contributed by atoms with E-state index in [1.54, 1.807) is 4.68 Å². The van der Waals surface area contributed by atoms with Crippen LogP contribution in [0.3, 0.4) is 0 Å². The van der Waals surface area contributed by atoms with E-state index in [0.29, 0.717) is 0 Å². The van der Waals surface area contributed by atoms with Crippen molar-refractivity contribution in [3.63, 3.8) is 0 Å². The highest BCUT2D eigenvalue weighted by molar-refractivity contribution is 5.14. The lowest BCUT2D eigenvalue weighted by atomic mass is 10.1. The number of nitrogens with two attached hydrogens (primary N) is 1. The monoisotopic (exact) mass is 251 g/mol. The lowest BCUT2D eigenvalue weighted by molar-refractivity contribution is 0.570. The third-order valence-electron chi connectivity index (χ3n) is 3.71. The standard InChI is InChI=1S/C15H29N3/c1-4-5-6-7-8-9-10-11-12-15-17-13(2)14(3)18(15)16/h4-12,16H2,1-3H3. The van der Waals surface area contributed by atoms with Crippen LogP contribution in [-0.2, 0) is 6.42 Å². The Morgan fingerprint density at radius 3 is 2.00 bits per heavy atom. The maximum absolute atomic E-state index is 5.95. The first kappa shape index (κ1) is 15.1. The summed E-state index contributed by atoms with van der Waals surface area (Å²) in [6.07, 6.45) is 11.8. The second-order valence-corrected chi connectivity index (χ2v) is 5.29. The molecule has 0 spiro atoms. The summed E-state index contributed by atoms with van der Waals surface area (Å²) < 4.78 is 1.75. The first-order valence-corrected chi connectivity index (χ1v) is 7.46. The molecular weight excluding hydrogens is 222 g/mol. The van der Waals surface area contributed by atoms with Gasteiger partial charge in [-0.3, -0.25) is 4.68 Å². The summed E-state index contributed by atoms with van der Waals surface area (Å²) in [5, 5.41) is 0. The Kier molecular flexibility index (Phi) is 6.84. The minimum absolute atomic E-state index is 1.01. The molecule has 0 aliphatic carbocycles. The Balaban J connectivity index is 2.09. The number of aryl methyl sites for hydroxylation is 2. The van der Waals surface area contributed by atoms with Crippen LogP contribution in [0.2, 0.25) is 0 Å². The molecule has 0 bridgehead atoms. The van der Waals surface area contributed by atoms with E-state index < -0.39 is 0 Å². The Morgan fingerprint density at radius 1 is 0.944 bits per heavy atom. The van der Waals surface area contributed by atoms with Crippen molar-refractivity contribution < 1.29 is 0 Å². The quantitative estimate of drug-likeness (QED) is 0.534. The molecule has 0 fully saturated rings. The van der Waals surface area contributed by atoms with Crippen molar-refractivity contribution in [3.8, 4) is 0 Å². The highest BCUT2D eigenvalue weighted by Crippen LogP contribution is 2.12. The fraction of sp³-hybridized carbons (Fsp3) is 0.800. The third-order valence-corrected chi connectivity index (χ3v) is 3.71. The Morgan fingerprint density at radius 2 is 1.50 bits per heavy atom. The summed E-state index contributed by atoms with van der Waals surface area (Å²) in [6.45, 7) is 6.31. The molecule has 0 radical (unpaired) electrons. The van der Waals surface area contributed by atoms with Gasteiger partial charge in [0.1, 0.15) is 5.82 Å². The first-order valence-electron chi connectivity index (χ1n) is 7.46. The molecule has 1 rings (SSSR count). The van der Waals surface area contributed by atoms with Crippen molar-refractivity contribution in [1.29, 1.82) is 0 Å². The number of aromatic nitrogens is 2. The molecule has 0 amide bonds. The zero-order chi connectivity index (χ0) is 13.4. The van der Waals surface area contributed by atoms with Crippen LogP contribution in [0, 0.1) is 13.8 Å². The van der Waals surface area contributed by atoms with Gasteiger partial charge in [-0.1, -0.05) is 51.9 Å². The Bertz CT molecular complexity index is 342. The van der Waals surface area contributed by atoms with Gasteiger partial charge in [-0.2, -0.15) is 0 Å². The summed E-state index contributed by atoms with van der Waals surface area (Å²) in [5.74, 6) is 6.99. The van der Waals surface area contributed by atoms with Gasteiger partial charge in [-0.05, 0) is 20.3 Å². The van der Waals surface area contributed by atoms with Gasteiger partial charge in [-0.15, -0.1) is 0 Å². The molecule has 1 heterocycles. The Hall–Kier alpha value is -0.990. The van der Waals surface area contributed by atoms with Crippen LogP contribution in [0.5, 0.6) is 0 Å². The zero-order valence-corrected chi connectivity index (χ0v) is 12.3. The number of nitrogen functional groups attached to an aromatic ring is 1. The number of nitrogens with zero attached hydrogens (tertiary/aromatic N) is 2. The summed E-state index contributed by atoms with van der Waals surface area (Å²) in [7, 11) is 0. The predicted octanol–water partition coefficient (Wildman–Crippen LogP) is 3.90. The molecule has 0 saturated carbocycles. The Labute approximate surface area is 112 Å². The van der Waals surface area contributed by atoms with Crippen LogP contribution in [0.4, 0.5) is 0 Å². The molecule has 2 N–H and O–H groups in total. The van der Waals surface area contributed by atoms with Crippen molar-refractivity contribution in [2.45, 2.75) is 78.6 Å². The lowest BCUT2D eigenvalue weighted by Gasteiger charge is -2.03. The van der Waals surface area contributed by atoms with E-state index in [9.17, 15) is 0 Å². The van der Waals surface area contributed by atoms with Gasteiger partial charge in [0.2, 0.25) is 0 Å². The number of hydrogen-bond acceptors (Lipinski definition) is 2. The number of rotatable bonds is 9. The maximum atomic E-state index is 5.95.